The number of carbonyl (C=O) groups excluding carboxylic acids is 1. The Hall–Kier alpha value is -4.61. The van der Waals surface area contributed by atoms with Gasteiger partial charge in [0.25, 0.3) is 0 Å². The van der Waals surface area contributed by atoms with E-state index in [0.717, 1.165) is 15.8 Å². The van der Waals surface area contributed by atoms with Crippen LogP contribution in [0.3, 0.4) is 0 Å². The second-order valence-corrected chi connectivity index (χ2v) is 11.1. The summed E-state index contributed by atoms with van der Waals surface area (Å²) in [5.74, 6) is -0.00453. The average molecular weight is 567 g/mol. The SMILES string of the molecule is Cc1ccccc1N=Nc1ccc(O)cc1N1C(=O)CSC1c1cc(N=Nc2nc3ccccc3s2)ccc1O. The van der Waals surface area contributed by atoms with Crippen molar-refractivity contribution >= 4 is 67.1 Å². The highest BCUT2D eigenvalue weighted by Crippen LogP contribution is 2.49. The van der Waals surface area contributed by atoms with E-state index >= 15 is 0 Å². The first-order valence-corrected chi connectivity index (χ1v) is 14.2. The number of thioether (sulfide) groups is 1. The third-order valence-electron chi connectivity index (χ3n) is 6.28. The van der Waals surface area contributed by atoms with Gasteiger partial charge in [0.1, 0.15) is 22.6 Å². The Kier molecular flexibility index (Phi) is 6.97. The summed E-state index contributed by atoms with van der Waals surface area (Å²) >= 11 is 2.79. The number of carbonyl (C=O) groups is 1. The highest BCUT2D eigenvalue weighted by Gasteiger charge is 2.37. The molecule has 11 heteroatoms. The maximum atomic E-state index is 13.2. The predicted molar refractivity (Wildman–Crippen MR) is 158 cm³/mol. The lowest BCUT2D eigenvalue weighted by Gasteiger charge is -2.26. The molecular weight excluding hydrogens is 544 g/mol. The maximum absolute atomic E-state index is 13.2. The van der Waals surface area contributed by atoms with Crippen LogP contribution in [0.5, 0.6) is 11.5 Å². The molecule has 0 saturated carbocycles. The molecule has 1 unspecified atom stereocenters. The summed E-state index contributed by atoms with van der Waals surface area (Å²) < 4.78 is 1.01. The minimum atomic E-state index is -0.584. The van der Waals surface area contributed by atoms with Crippen LogP contribution in [0, 0.1) is 6.92 Å². The zero-order chi connectivity index (χ0) is 27.6. The molecule has 0 spiro atoms. The van der Waals surface area contributed by atoms with Crippen LogP contribution in [-0.4, -0.2) is 26.9 Å². The molecule has 9 nitrogen and oxygen atoms in total. The molecule has 0 aliphatic carbocycles. The van der Waals surface area contributed by atoms with Gasteiger partial charge in [0.2, 0.25) is 11.0 Å². The van der Waals surface area contributed by atoms with Crippen LogP contribution in [0.1, 0.15) is 16.5 Å². The van der Waals surface area contributed by atoms with Crippen LogP contribution in [0.25, 0.3) is 10.2 Å². The Balaban J connectivity index is 1.34. The molecule has 2 heterocycles. The fourth-order valence-corrected chi connectivity index (χ4v) is 6.27. The van der Waals surface area contributed by atoms with Gasteiger partial charge in [0, 0.05) is 11.6 Å². The lowest BCUT2D eigenvalue weighted by Crippen LogP contribution is -2.27. The number of aromatic nitrogens is 1. The fraction of sp³-hybridized carbons (Fsp3) is 0.103. The smallest absolute Gasteiger partial charge is 0.238 e. The molecule has 1 amide bonds. The normalized spacial score (nSPS) is 15.7. The number of para-hydroxylation sites is 1. The molecule has 4 aromatic carbocycles. The Morgan fingerprint density at radius 1 is 0.875 bits per heavy atom. The van der Waals surface area contributed by atoms with Gasteiger partial charge in [-0.2, -0.15) is 5.11 Å². The first kappa shape index (κ1) is 25.7. The third kappa shape index (κ3) is 5.16. The molecular formula is C29H22N6O3S2. The van der Waals surface area contributed by atoms with Gasteiger partial charge >= 0.3 is 0 Å². The Bertz CT molecular complexity index is 1770. The number of fused-ring (bicyclic) bond motifs is 1. The number of anilines is 1. The van der Waals surface area contributed by atoms with Gasteiger partial charge < -0.3 is 10.2 Å². The van der Waals surface area contributed by atoms with Gasteiger partial charge in [-0.3, -0.25) is 9.69 Å². The van der Waals surface area contributed by atoms with E-state index in [9.17, 15) is 15.0 Å². The Labute approximate surface area is 237 Å². The number of thiazole rings is 1. The van der Waals surface area contributed by atoms with Crippen molar-refractivity contribution in [2.24, 2.45) is 20.5 Å². The van der Waals surface area contributed by atoms with Gasteiger partial charge in [-0.1, -0.05) is 41.7 Å². The van der Waals surface area contributed by atoms with Crippen LogP contribution in [0.15, 0.2) is 105 Å². The highest BCUT2D eigenvalue weighted by atomic mass is 32.2. The number of nitrogens with zero attached hydrogens (tertiary/aromatic N) is 6. The lowest BCUT2D eigenvalue weighted by molar-refractivity contribution is -0.115. The maximum Gasteiger partial charge on any atom is 0.238 e. The number of azo groups is 2. The summed E-state index contributed by atoms with van der Waals surface area (Å²) in [4.78, 5) is 19.2. The van der Waals surface area contributed by atoms with Crippen molar-refractivity contribution in [2.75, 3.05) is 10.7 Å². The van der Waals surface area contributed by atoms with E-state index in [0.29, 0.717) is 33.4 Å². The zero-order valence-electron chi connectivity index (χ0n) is 21.2. The van der Waals surface area contributed by atoms with Crippen LogP contribution < -0.4 is 4.90 Å². The second kappa shape index (κ2) is 10.9. The third-order valence-corrected chi connectivity index (χ3v) is 8.39. The molecule has 6 rings (SSSR count). The monoisotopic (exact) mass is 566 g/mol. The van der Waals surface area contributed by atoms with E-state index in [4.69, 9.17) is 0 Å². The summed E-state index contributed by atoms with van der Waals surface area (Å²) in [6, 6.07) is 24.8. The summed E-state index contributed by atoms with van der Waals surface area (Å²) in [6.07, 6.45) is 0. The number of aryl methyl sites for hydroxylation is 1. The highest BCUT2D eigenvalue weighted by molar-refractivity contribution is 8.00. The van der Waals surface area contributed by atoms with Crippen molar-refractivity contribution in [1.29, 1.82) is 0 Å². The molecule has 40 heavy (non-hydrogen) atoms. The van der Waals surface area contributed by atoms with E-state index in [1.165, 1.54) is 46.2 Å². The molecule has 1 aliphatic heterocycles. The summed E-state index contributed by atoms with van der Waals surface area (Å²) in [6.45, 7) is 1.94. The van der Waals surface area contributed by atoms with Crippen LogP contribution in [-0.2, 0) is 4.79 Å². The van der Waals surface area contributed by atoms with Crippen LogP contribution in [0.2, 0.25) is 0 Å². The molecule has 1 atom stereocenters. The quantitative estimate of drug-likeness (QED) is 0.199. The van der Waals surface area contributed by atoms with Crippen LogP contribution >= 0.6 is 23.1 Å². The van der Waals surface area contributed by atoms with Crippen molar-refractivity contribution in [2.45, 2.75) is 12.3 Å². The van der Waals surface area contributed by atoms with E-state index in [-0.39, 0.29) is 23.2 Å². The van der Waals surface area contributed by atoms with Gasteiger partial charge in [0.15, 0.2) is 0 Å². The van der Waals surface area contributed by atoms with Crippen molar-refractivity contribution in [3.05, 3.63) is 96.1 Å². The molecule has 5 aromatic rings. The summed E-state index contributed by atoms with van der Waals surface area (Å²) in [5, 5.41) is 38.5. The number of aromatic hydroxyl groups is 2. The van der Waals surface area contributed by atoms with E-state index < -0.39 is 5.37 Å². The first-order valence-electron chi connectivity index (χ1n) is 12.3. The standard InChI is InChI=1S/C29H22N6O3S2/c1-17-6-2-3-7-21(17)32-33-22-12-11-19(36)15-24(22)35-27(38)16-39-28(35)20-14-18(10-13-25(20)37)31-34-29-30-23-8-4-5-9-26(23)40-29/h2-15,28,36-37H,16H2,1H3. The minimum Gasteiger partial charge on any atom is -0.508 e. The topological polar surface area (TPSA) is 123 Å². The molecule has 0 bridgehead atoms. The summed E-state index contributed by atoms with van der Waals surface area (Å²) in [5.41, 5.74) is 4.30. The van der Waals surface area contributed by atoms with Gasteiger partial charge in [0.05, 0.1) is 33.0 Å². The molecule has 2 N–H and O–H groups in total. The molecule has 1 aromatic heterocycles. The molecule has 1 aliphatic rings. The predicted octanol–water partition coefficient (Wildman–Crippen LogP) is 8.63. The lowest BCUT2D eigenvalue weighted by atomic mass is 10.1. The summed E-state index contributed by atoms with van der Waals surface area (Å²) in [7, 11) is 0. The number of hydrogen-bond donors (Lipinski definition) is 2. The van der Waals surface area contributed by atoms with E-state index in [1.54, 1.807) is 18.2 Å². The van der Waals surface area contributed by atoms with Crippen LogP contribution in [0.4, 0.5) is 27.9 Å². The molecule has 1 saturated heterocycles. The number of phenolic OH excluding ortho intramolecular Hbond substituents is 2. The van der Waals surface area contributed by atoms with Crippen molar-refractivity contribution in [1.82, 2.24) is 4.98 Å². The molecule has 198 valence electrons. The number of rotatable bonds is 6. The largest absolute Gasteiger partial charge is 0.508 e. The van der Waals surface area contributed by atoms with E-state index in [2.05, 4.69) is 25.4 Å². The fourth-order valence-electron chi connectivity index (χ4n) is 4.29. The zero-order valence-corrected chi connectivity index (χ0v) is 22.8. The Morgan fingerprint density at radius 2 is 1.68 bits per heavy atom. The second-order valence-electron chi connectivity index (χ2n) is 8.99. The van der Waals surface area contributed by atoms with Crippen molar-refractivity contribution in [3.63, 3.8) is 0 Å². The minimum absolute atomic E-state index is 0.0133. The number of phenols is 2. The number of hydrogen-bond acceptors (Lipinski definition) is 10. The van der Waals surface area contributed by atoms with Gasteiger partial charge in [-0.25, -0.2) is 4.98 Å². The van der Waals surface area contributed by atoms with Crippen molar-refractivity contribution in [3.8, 4) is 11.5 Å². The molecule has 0 radical (unpaired) electrons. The van der Waals surface area contributed by atoms with Gasteiger partial charge in [-0.05, 0) is 61.0 Å². The average Bonchev–Trinajstić information content (AvgIpc) is 3.55. The van der Waals surface area contributed by atoms with E-state index in [1.807, 2.05) is 55.5 Å². The number of benzene rings is 4. The first-order chi connectivity index (χ1) is 19.5. The number of amides is 1. The molecule has 1 fully saturated rings. The Morgan fingerprint density at radius 3 is 2.52 bits per heavy atom. The van der Waals surface area contributed by atoms with Gasteiger partial charge in [-0.15, -0.1) is 27.1 Å². The van der Waals surface area contributed by atoms with Crippen molar-refractivity contribution < 1.29 is 15.0 Å².